The number of esters is 1. The highest BCUT2D eigenvalue weighted by atomic mass is 16.5. The molecule has 0 radical (unpaired) electrons. The first-order chi connectivity index (χ1) is 10.8. The molecule has 2 aromatic carbocycles. The Morgan fingerprint density at radius 3 is 2.45 bits per heavy atom. The van der Waals surface area contributed by atoms with Gasteiger partial charge in [-0.2, -0.15) is 0 Å². The fourth-order valence-corrected chi connectivity index (χ4v) is 3.50. The molecule has 0 amide bonds. The zero-order chi connectivity index (χ0) is 14.9. The number of nitrogens with zero attached hydrogens (tertiary/aromatic N) is 1. The van der Waals surface area contributed by atoms with E-state index in [1.54, 1.807) is 0 Å². The Kier molecular flexibility index (Phi) is 3.43. The van der Waals surface area contributed by atoms with E-state index in [1.165, 1.54) is 11.1 Å². The van der Waals surface area contributed by atoms with E-state index in [4.69, 9.17) is 4.74 Å². The molecule has 0 aromatic heterocycles. The van der Waals surface area contributed by atoms with Gasteiger partial charge in [0.1, 0.15) is 6.10 Å². The predicted molar refractivity (Wildman–Crippen MR) is 84.4 cm³/mol. The molecule has 0 N–H and O–H groups in total. The molecule has 3 heteroatoms. The van der Waals surface area contributed by atoms with Gasteiger partial charge in [-0.05, 0) is 36.6 Å². The van der Waals surface area contributed by atoms with Crippen LogP contribution in [0.2, 0.25) is 0 Å². The fraction of sp³-hybridized carbons (Fsp3) is 0.316. The second kappa shape index (κ2) is 5.58. The monoisotopic (exact) mass is 293 g/mol. The van der Waals surface area contributed by atoms with Gasteiger partial charge in [-0.3, -0.25) is 4.90 Å². The highest BCUT2D eigenvalue weighted by Crippen LogP contribution is 2.34. The van der Waals surface area contributed by atoms with Crippen LogP contribution in [0.15, 0.2) is 48.5 Å². The first-order valence-electron chi connectivity index (χ1n) is 7.90. The van der Waals surface area contributed by atoms with Crippen LogP contribution in [0.5, 0.6) is 0 Å². The minimum absolute atomic E-state index is 0.0614. The molecule has 112 valence electrons. The van der Waals surface area contributed by atoms with Gasteiger partial charge >= 0.3 is 5.97 Å². The van der Waals surface area contributed by atoms with Crippen molar-refractivity contribution in [2.24, 2.45) is 0 Å². The van der Waals surface area contributed by atoms with Crippen molar-refractivity contribution in [3.8, 4) is 0 Å². The topological polar surface area (TPSA) is 29.5 Å². The number of carbonyl (C=O) groups excluding carboxylic acids is 1. The summed E-state index contributed by atoms with van der Waals surface area (Å²) in [6.07, 6.45) is 1.88. The van der Waals surface area contributed by atoms with Crippen LogP contribution in [0.4, 0.5) is 0 Å². The van der Waals surface area contributed by atoms with Gasteiger partial charge in [0.25, 0.3) is 0 Å². The summed E-state index contributed by atoms with van der Waals surface area (Å²) < 4.78 is 5.50. The van der Waals surface area contributed by atoms with Crippen LogP contribution in [0, 0.1) is 0 Å². The average Bonchev–Trinajstić information content (AvgIpc) is 3.09. The summed E-state index contributed by atoms with van der Waals surface area (Å²) in [4.78, 5) is 14.3. The molecule has 0 fully saturated rings. The molecule has 1 atom stereocenters. The summed E-state index contributed by atoms with van der Waals surface area (Å²) >= 11 is 0. The third-order valence-electron chi connectivity index (χ3n) is 4.62. The number of benzene rings is 2. The maximum atomic E-state index is 11.8. The number of hydrogen-bond acceptors (Lipinski definition) is 3. The first kappa shape index (κ1) is 13.5. The molecular formula is C19H19NO2. The zero-order valence-corrected chi connectivity index (χ0v) is 12.5. The maximum Gasteiger partial charge on any atom is 0.339 e. The first-order valence-corrected chi connectivity index (χ1v) is 7.90. The van der Waals surface area contributed by atoms with Gasteiger partial charge in [-0.25, -0.2) is 4.79 Å². The van der Waals surface area contributed by atoms with Gasteiger partial charge < -0.3 is 4.74 Å². The molecule has 2 aromatic rings. The van der Waals surface area contributed by atoms with Crippen molar-refractivity contribution in [2.45, 2.75) is 32.0 Å². The smallest absolute Gasteiger partial charge is 0.339 e. The lowest BCUT2D eigenvalue weighted by Gasteiger charge is -2.16. The van der Waals surface area contributed by atoms with Crippen molar-refractivity contribution in [3.63, 3.8) is 0 Å². The predicted octanol–water partition coefficient (Wildman–Crippen LogP) is 3.69. The lowest BCUT2D eigenvalue weighted by atomic mass is 10.0. The third-order valence-corrected chi connectivity index (χ3v) is 4.62. The van der Waals surface area contributed by atoms with Crippen molar-refractivity contribution < 1.29 is 9.53 Å². The van der Waals surface area contributed by atoms with Crippen LogP contribution >= 0.6 is 0 Å². The Morgan fingerprint density at radius 1 is 1.00 bits per heavy atom. The van der Waals surface area contributed by atoms with Crippen LogP contribution in [0.3, 0.4) is 0 Å². The molecule has 0 spiro atoms. The van der Waals surface area contributed by atoms with Crippen molar-refractivity contribution in [1.82, 2.24) is 4.90 Å². The van der Waals surface area contributed by atoms with Crippen LogP contribution < -0.4 is 0 Å². The standard InChI is InChI=1S/C19H19NO2/c21-19-17-9-4-3-8-16(17)18(22-19)10-5-11-20-12-14-6-1-2-7-15(14)13-20/h1-4,6-9,18H,5,10-13H2. The van der Waals surface area contributed by atoms with Crippen LogP contribution in [0.1, 0.15) is 46.0 Å². The Hall–Kier alpha value is -2.13. The van der Waals surface area contributed by atoms with E-state index in [1.807, 2.05) is 24.3 Å². The Labute approximate surface area is 130 Å². The Bertz CT molecular complexity index is 685. The zero-order valence-electron chi connectivity index (χ0n) is 12.5. The second-order valence-corrected chi connectivity index (χ2v) is 6.10. The molecule has 0 aliphatic carbocycles. The van der Waals surface area contributed by atoms with Gasteiger partial charge in [0.15, 0.2) is 0 Å². The van der Waals surface area contributed by atoms with Crippen molar-refractivity contribution in [2.75, 3.05) is 6.54 Å². The van der Waals surface area contributed by atoms with Gasteiger partial charge in [-0.15, -0.1) is 0 Å². The van der Waals surface area contributed by atoms with Gasteiger partial charge in [-0.1, -0.05) is 42.5 Å². The lowest BCUT2D eigenvalue weighted by molar-refractivity contribution is 0.0358. The molecule has 2 heterocycles. The van der Waals surface area contributed by atoms with E-state index in [2.05, 4.69) is 29.2 Å². The van der Waals surface area contributed by atoms with Crippen molar-refractivity contribution in [1.29, 1.82) is 0 Å². The maximum absolute atomic E-state index is 11.8. The van der Waals surface area contributed by atoms with Crippen molar-refractivity contribution in [3.05, 3.63) is 70.8 Å². The van der Waals surface area contributed by atoms with Crippen LogP contribution in [0.25, 0.3) is 0 Å². The molecule has 22 heavy (non-hydrogen) atoms. The molecule has 4 rings (SSSR count). The number of hydrogen-bond donors (Lipinski definition) is 0. The Morgan fingerprint density at radius 2 is 1.68 bits per heavy atom. The lowest BCUT2D eigenvalue weighted by Crippen LogP contribution is -2.18. The molecule has 3 nitrogen and oxygen atoms in total. The molecule has 0 saturated heterocycles. The summed E-state index contributed by atoms with van der Waals surface area (Å²) in [5.41, 5.74) is 4.68. The number of ether oxygens (including phenoxy) is 1. The minimum Gasteiger partial charge on any atom is -0.454 e. The van der Waals surface area contributed by atoms with E-state index in [-0.39, 0.29) is 12.1 Å². The van der Waals surface area contributed by atoms with Crippen LogP contribution in [-0.2, 0) is 17.8 Å². The highest BCUT2D eigenvalue weighted by Gasteiger charge is 2.30. The van der Waals surface area contributed by atoms with E-state index in [0.29, 0.717) is 0 Å². The summed E-state index contributed by atoms with van der Waals surface area (Å²) in [6.45, 7) is 3.12. The number of carbonyl (C=O) groups is 1. The SMILES string of the molecule is O=C1OC(CCCN2Cc3ccccc3C2)c2ccccc21. The largest absolute Gasteiger partial charge is 0.454 e. The summed E-state index contributed by atoms with van der Waals surface area (Å²) in [5.74, 6) is -0.172. The highest BCUT2D eigenvalue weighted by molar-refractivity contribution is 5.93. The van der Waals surface area contributed by atoms with Gasteiger partial charge in [0.05, 0.1) is 5.56 Å². The average molecular weight is 293 g/mol. The molecule has 0 bridgehead atoms. The molecule has 1 unspecified atom stereocenters. The van der Waals surface area contributed by atoms with Crippen LogP contribution in [-0.4, -0.2) is 17.4 Å². The Balaban J connectivity index is 1.33. The van der Waals surface area contributed by atoms with Gasteiger partial charge in [0, 0.05) is 18.7 Å². The van der Waals surface area contributed by atoms with E-state index < -0.39 is 0 Å². The van der Waals surface area contributed by atoms with Crippen molar-refractivity contribution >= 4 is 5.97 Å². The molecule has 2 aliphatic rings. The molecule has 0 saturated carbocycles. The quantitative estimate of drug-likeness (QED) is 0.805. The number of cyclic esters (lactones) is 1. The number of rotatable bonds is 4. The van der Waals surface area contributed by atoms with E-state index in [0.717, 1.165) is 43.6 Å². The third kappa shape index (κ3) is 2.42. The fourth-order valence-electron chi connectivity index (χ4n) is 3.50. The summed E-state index contributed by atoms with van der Waals surface area (Å²) in [7, 11) is 0. The normalized spacial score (nSPS) is 19.8. The second-order valence-electron chi connectivity index (χ2n) is 6.10. The summed E-state index contributed by atoms with van der Waals surface area (Å²) in [5, 5.41) is 0. The molecule has 2 aliphatic heterocycles. The number of fused-ring (bicyclic) bond motifs is 2. The molecular weight excluding hydrogens is 274 g/mol. The summed E-state index contributed by atoms with van der Waals surface area (Å²) in [6, 6.07) is 16.4. The van der Waals surface area contributed by atoms with E-state index >= 15 is 0 Å². The van der Waals surface area contributed by atoms with E-state index in [9.17, 15) is 4.79 Å². The van der Waals surface area contributed by atoms with Gasteiger partial charge in [0.2, 0.25) is 0 Å². The minimum atomic E-state index is -0.172.